The van der Waals surface area contributed by atoms with Gasteiger partial charge in [0.2, 0.25) is 0 Å². The fraction of sp³-hybridized carbons (Fsp3) is 0.760. The molecule has 26 heavy (non-hydrogen) atoms. The van der Waals surface area contributed by atoms with Crippen LogP contribution >= 0.6 is 0 Å². The van der Waals surface area contributed by atoms with Crippen molar-refractivity contribution in [1.29, 1.82) is 0 Å². The Bertz CT molecular complexity index is 591. The Hall–Kier alpha value is -0.820. The lowest BCUT2D eigenvalue weighted by Crippen LogP contribution is -2.29. The third-order valence-corrected chi connectivity index (χ3v) is 8.39. The zero-order chi connectivity index (χ0) is 18.3. The second kappa shape index (κ2) is 7.66. The number of ether oxygens (including phenoxy) is 1. The first kappa shape index (κ1) is 18.5. The van der Waals surface area contributed by atoms with E-state index in [9.17, 15) is 0 Å². The van der Waals surface area contributed by atoms with Gasteiger partial charge in [0.1, 0.15) is 0 Å². The highest BCUT2D eigenvalue weighted by molar-refractivity contribution is 5.29. The molecule has 0 spiro atoms. The van der Waals surface area contributed by atoms with Gasteiger partial charge in [0, 0.05) is 0 Å². The van der Waals surface area contributed by atoms with Gasteiger partial charge in [-0.2, -0.15) is 0 Å². The maximum Gasteiger partial charge on any atom is 0.0720 e. The molecule has 3 fully saturated rings. The van der Waals surface area contributed by atoms with Gasteiger partial charge in [-0.1, -0.05) is 57.9 Å². The maximum atomic E-state index is 5.90. The molecule has 0 radical (unpaired) electrons. The highest BCUT2D eigenvalue weighted by Crippen LogP contribution is 2.67. The SMILES string of the molecule is CCC(C)OCc1ccc(C2C[C@H]3C[C@@H]2C2C(CC)CC(CC)C23)cc1. The fourth-order valence-corrected chi connectivity index (χ4v) is 6.99. The van der Waals surface area contributed by atoms with Crippen molar-refractivity contribution < 1.29 is 4.74 Å². The van der Waals surface area contributed by atoms with E-state index in [1.165, 1.54) is 37.7 Å². The van der Waals surface area contributed by atoms with Crippen LogP contribution in [0.2, 0.25) is 0 Å². The van der Waals surface area contributed by atoms with Gasteiger partial charge in [-0.15, -0.1) is 0 Å². The zero-order valence-electron chi connectivity index (χ0n) is 17.3. The molecule has 0 heterocycles. The Labute approximate surface area is 160 Å². The van der Waals surface area contributed by atoms with E-state index in [0.717, 1.165) is 54.5 Å². The quantitative estimate of drug-likeness (QED) is 0.522. The highest BCUT2D eigenvalue weighted by atomic mass is 16.5. The van der Waals surface area contributed by atoms with E-state index in [2.05, 4.69) is 52.0 Å². The molecular weight excluding hydrogens is 316 g/mol. The van der Waals surface area contributed by atoms with Gasteiger partial charge in [0.25, 0.3) is 0 Å². The smallest absolute Gasteiger partial charge is 0.0720 e. The van der Waals surface area contributed by atoms with Gasteiger partial charge in [-0.3, -0.25) is 0 Å². The molecule has 0 N–H and O–H groups in total. The minimum atomic E-state index is 0.358. The Kier molecular flexibility index (Phi) is 5.46. The zero-order valence-corrected chi connectivity index (χ0v) is 17.3. The summed E-state index contributed by atoms with van der Waals surface area (Å²) in [6, 6.07) is 9.48. The third kappa shape index (κ3) is 3.15. The molecule has 0 amide bonds. The average Bonchev–Trinajstić information content (AvgIpc) is 3.36. The predicted octanol–water partition coefficient (Wildman–Crippen LogP) is 6.81. The number of benzene rings is 1. The number of fused-ring (bicyclic) bond motifs is 5. The monoisotopic (exact) mass is 354 g/mol. The number of hydrogen-bond acceptors (Lipinski definition) is 1. The molecule has 2 bridgehead atoms. The summed E-state index contributed by atoms with van der Waals surface area (Å²) < 4.78 is 5.90. The normalized spacial score (nSPS) is 39.3. The van der Waals surface area contributed by atoms with E-state index >= 15 is 0 Å². The molecule has 3 aliphatic rings. The minimum absolute atomic E-state index is 0.358. The topological polar surface area (TPSA) is 9.23 Å². The first-order valence-electron chi connectivity index (χ1n) is 11.4. The molecule has 8 atom stereocenters. The van der Waals surface area contributed by atoms with Crippen molar-refractivity contribution in [3.05, 3.63) is 35.4 Å². The lowest BCUT2D eigenvalue weighted by Gasteiger charge is -2.36. The minimum Gasteiger partial charge on any atom is -0.374 e. The summed E-state index contributed by atoms with van der Waals surface area (Å²) in [6.07, 6.45) is 8.76. The van der Waals surface area contributed by atoms with Crippen molar-refractivity contribution in [2.45, 2.75) is 84.8 Å². The Morgan fingerprint density at radius 2 is 1.62 bits per heavy atom. The van der Waals surface area contributed by atoms with Crippen LogP contribution in [-0.2, 0) is 11.3 Å². The highest BCUT2D eigenvalue weighted by Gasteiger charge is 2.59. The summed E-state index contributed by atoms with van der Waals surface area (Å²) >= 11 is 0. The lowest BCUT2D eigenvalue weighted by molar-refractivity contribution is 0.0508. The van der Waals surface area contributed by atoms with E-state index in [-0.39, 0.29) is 0 Å². The molecule has 1 aromatic rings. The first-order valence-corrected chi connectivity index (χ1v) is 11.4. The number of hydrogen-bond donors (Lipinski definition) is 0. The standard InChI is InChI=1S/C25H38O/c1-5-16(4)26-15-17-8-10-20(11-9-17)22-13-21-14-23(22)25-19(7-3)12-18(6-2)24(21)25/h8-11,16,18-19,21-25H,5-7,12-15H2,1-4H3/t16?,18?,19?,21-,22?,23-,24?,25?/m0/s1. The van der Waals surface area contributed by atoms with E-state index in [4.69, 9.17) is 4.74 Å². The Morgan fingerprint density at radius 3 is 2.27 bits per heavy atom. The van der Waals surface area contributed by atoms with E-state index in [1.54, 1.807) is 5.56 Å². The van der Waals surface area contributed by atoms with Crippen LogP contribution in [-0.4, -0.2) is 6.10 Å². The lowest BCUT2D eigenvalue weighted by atomic mass is 9.69. The maximum absolute atomic E-state index is 5.90. The summed E-state index contributed by atoms with van der Waals surface area (Å²) in [4.78, 5) is 0. The molecule has 144 valence electrons. The van der Waals surface area contributed by atoms with Crippen molar-refractivity contribution in [2.75, 3.05) is 0 Å². The molecule has 4 rings (SSSR count). The van der Waals surface area contributed by atoms with Gasteiger partial charge in [0.05, 0.1) is 12.7 Å². The van der Waals surface area contributed by atoms with Crippen molar-refractivity contribution in [1.82, 2.24) is 0 Å². The van der Waals surface area contributed by atoms with Crippen LogP contribution in [0.15, 0.2) is 24.3 Å². The summed E-state index contributed by atoms with van der Waals surface area (Å²) in [5, 5.41) is 0. The second-order valence-electron chi connectivity index (χ2n) is 9.50. The van der Waals surface area contributed by atoms with E-state index < -0.39 is 0 Å². The molecule has 1 heteroatoms. The van der Waals surface area contributed by atoms with E-state index in [1.807, 2.05) is 0 Å². The molecular formula is C25H38O. The van der Waals surface area contributed by atoms with Gasteiger partial charge in [-0.25, -0.2) is 0 Å². The average molecular weight is 355 g/mol. The number of rotatable bonds is 7. The summed E-state index contributed by atoms with van der Waals surface area (Å²) in [5.41, 5.74) is 2.94. The van der Waals surface area contributed by atoms with Crippen molar-refractivity contribution in [3.63, 3.8) is 0 Å². The van der Waals surface area contributed by atoms with Crippen LogP contribution in [0.5, 0.6) is 0 Å². The van der Waals surface area contributed by atoms with Crippen molar-refractivity contribution in [3.8, 4) is 0 Å². The van der Waals surface area contributed by atoms with Crippen molar-refractivity contribution >= 4 is 0 Å². The van der Waals surface area contributed by atoms with Crippen LogP contribution in [0.25, 0.3) is 0 Å². The summed E-state index contributed by atoms with van der Waals surface area (Å²) in [6.45, 7) is 9.98. The van der Waals surface area contributed by atoms with Crippen LogP contribution < -0.4 is 0 Å². The Balaban J connectivity index is 1.45. The van der Waals surface area contributed by atoms with Crippen LogP contribution in [0.3, 0.4) is 0 Å². The van der Waals surface area contributed by atoms with Gasteiger partial charge >= 0.3 is 0 Å². The van der Waals surface area contributed by atoms with Crippen LogP contribution in [0.1, 0.15) is 83.3 Å². The summed E-state index contributed by atoms with van der Waals surface area (Å²) in [7, 11) is 0. The molecule has 3 saturated carbocycles. The van der Waals surface area contributed by atoms with Crippen molar-refractivity contribution in [2.24, 2.45) is 35.5 Å². The molecule has 0 aromatic heterocycles. The second-order valence-corrected chi connectivity index (χ2v) is 9.50. The van der Waals surface area contributed by atoms with Gasteiger partial charge < -0.3 is 4.74 Å². The molecule has 3 aliphatic carbocycles. The molecule has 0 aliphatic heterocycles. The van der Waals surface area contributed by atoms with Crippen LogP contribution in [0, 0.1) is 35.5 Å². The molecule has 0 saturated heterocycles. The first-order chi connectivity index (χ1) is 12.7. The predicted molar refractivity (Wildman–Crippen MR) is 109 cm³/mol. The molecule has 6 unspecified atom stereocenters. The third-order valence-electron chi connectivity index (χ3n) is 8.39. The largest absolute Gasteiger partial charge is 0.374 e. The fourth-order valence-electron chi connectivity index (χ4n) is 6.99. The molecule has 1 aromatic carbocycles. The van der Waals surface area contributed by atoms with E-state index in [0.29, 0.717) is 6.10 Å². The van der Waals surface area contributed by atoms with Gasteiger partial charge in [0.15, 0.2) is 0 Å². The van der Waals surface area contributed by atoms with Crippen LogP contribution in [0.4, 0.5) is 0 Å². The molecule has 1 nitrogen and oxygen atoms in total. The van der Waals surface area contributed by atoms with Gasteiger partial charge in [-0.05, 0) is 85.2 Å². The Morgan fingerprint density at radius 1 is 0.923 bits per heavy atom. The summed E-state index contributed by atoms with van der Waals surface area (Å²) in [5.74, 6) is 6.94.